The summed E-state index contributed by atoms with van der Waals surface area (Å²) in [7, 11) is 0. The highest BCUT2D eigenvalue weighted by molar-refractivity contribution is 5.85. The fraction of sp³-hybridized carbons (Fsp3) is 0.429. The zero-order valence-corrected chi connectivity index (χ0v) is 11.0. The molecule has 6 nitrogen and oxygen atoms in total. The summed E-state index contributed by atoms with van der Waals surface area (Å²) in [5, 5.41) is 22.5. The van der Waals surface area contributed by atoms with Crippen molar-refractivity contribution < 1.29 is 9.72 Å². The standard InChI is InChI=1S/C14H15N3O3/c15-10-14(7-1-2-8-14)13(18)16-9-11-3-5-12(6-4-11)17(19)20/h3-6H,1-2,7-9H2,(H,16,18). The fourth-order valence-electron chi connectivity index (χ4n) is 2.46. The molecule has 2 rings (SSSR count). The predicted octanol–water partition coefficient (Wildman–Crippen LogP) is 2.29. The maximum absolute atomic E-state index is 12.1. The Balaban J connectivity index is 1.96. The Labute approximate surface area is 116 Å². The van der Waals surface area contributed by atoms with Crippen molar-refractivity contribution in [3.63, 3.8) is 0 Å². The van der Waals surface area contributed by atoms with Crippen LogP contribution in [0, 0.1) is 26.9 Å². The first-order valence-corrected chi connectivity index (χ1v) is 6.50. The predicted molar refractivity (Wildman–Crippen MR) is 71.5 cm³/mol. The average molecular weight is 273 g/mol. The second-order valence-corrected chi connectivity index (χ2v) is 5.01. The lowest BCUT2D eigenvalue weighted by atomic mass is 9.87. The quantitative estimate of drug-likeness (QED) is 0.672. The van der Waals surface area contributed by atoms with E-state index >= 15 is 0 Å². The zero-order chi connectivity index (χ0) is 14.6. The van der Waals surface area contributed by atoms with E-state index in [1.165, 1.54) is 12.1 Å². The van der Waals surface area contributed by atoms with E-state index in [1.807, 2.05) is 0 Å². The molecule has 1 aliphatic carbocycles. The van der Waals surface area contributed by atoms with Crippen LogP contribution in [0.2, 0.25) is 0 Å². The lowest BCUT2D eigenvalue weighted by Crippen LogP contribution is -2.37. The van der Waals surface area contributed by atoms with Crippen molar-refractivity contribution >= 4 is 11.6 Å². The van der Waals surface area contributed by atoms with Gasteiger partial charge >= 0.3 is 0 Å². The Morgan fingerprint density at radius 3 is 2.45 bits per heavy atom. The number of nitro benzene ring substituents is 1. The van der Waals surface area contributed by atoms with E-state index in [4.69, 9.17) is 0 Å². The third-order valence-corrected chi connectivity index (χ3v) is 3.71. The van der Waals surface area contributed by atoms with Crippen LogP contribution in [-0.4, -0.2) is 10.8 Å². The number of nitrogens with one attached hydrogen (secondary N) is 1. The van der Waals surface area contributed by atoms with Crippen molar-refractivity contribution in [3.05, 3.63) is 39.9 Å². The molecular weight excluding hydrogens is 258 g/mol. The second-order valence-electron chi connectivity index (χ2n) is 5.01. The third-order valence-electron chi connectivity index (χ3n) is 3.71. The number of carbonyl (C=O) groups is 1. The van der Waals surface area contributed by atoms with E-state index in [0.29, 0.717) is 12.8 Å². The summed E-state index contributed by atoms with van der Waals surface area (Å²) in [6.45, 7) is 0.278. The van der Waals surface area contributed by atoms with Crippen LogP contribution in [0.3, 0.4) is 0 Å². The van der Waals surface area contributed by atoms with Gasteiger partial charge in [0, 0.05) is 18.7 Å². The Kier molecular flexibility index (Phi) is 3.99. The normalized spacial score (nSPS) is 16.4. The van der Waals surface area contributed by atoms with Gasteiger partial charge in [0.15, 0.2) is 0 Å². The smallest absolute Gasteiger partial charge is 0.269 e. The van der Waals surface area contributed by atoms with Crippen LogP contribution in [0.25, 0.3) is 0 Å². The SMILES string of the molecule is N#CC1(C(=O)NCc2ccc([N+](=O)[O-])cc2)CCCC1. The number of hydrogen-bond acceptors (Lipinski definition) is 4. The molecule has 1 saturated carbocycles. The van der Waals surface area contributed by atoms with Gasteiger partial charge in [-0.1, -0.05) is 25.0 Å². The van der Waals surface area contributed by atoms with Crippen LogP contribution < -0.4 is 5.32 Å². The summed E-state index contributed by atoms with van der Waals surface area (Å²) >= 11 is 0. The first-order chi connectivity index (χ1) is 9.57. The van der Waals surface area contributed by atoms with E-state index in [2.05, 4.69) is 11.4 Å². The van der Waals surface area contributed by atoms with Crippen molar-refractivity contribution in [2.24, 2.45) is 5.41 Å². The molecule has 0 aliphatic heterocycles. The van der Waals surface area contributed by atoms with Gasteiger partial charge in [0.2, 0.25) is 5.91 Å². The minimum absolute atomic E-state index is 0.0179. The van der Waals surface area contributed by atoms with Gasteiger partial charge in [-0.25, -0.2) is 0 Å². The number of non-ortho nitro benzene ring substituents is 1. The molecule has 6 heteroatoms. The van der Waals surface area contributed by atoms with Crippen molar-refractivity contribution in [2.45, 2.75) is 32.2 Å². The number of nitrogens with zero attached hydrogens (tertiary/aromatic N) is 2. The molecule has 0 spiro atoms. The van der Waals surface area contributed by atoms with Gasteiger partial charge in [-0.05, 0) is 18.4 Å². The topological polar surface area (TPSA) is 96.0 Å². The number of nitriles is 1. The largest absolute Gasteiger partial charge is 0.351 e. The molecule has 0 saturated heterocycles. The zero-order valence-electron chi connectivity index (χ0n) is 11.0. The van der Waals surface area contributed by atoms with Crippen molar-refractivity contribution in [3.8, 4) is 6.07 Å². The average Bonchev–Trinajstić information content (AvgIpc) is 2.95. The molecule has 20 heavy (non-hydrogen) atoms. The van der Waals surface area contributed by atoms with Gasteiger partial charge in [0.25, 0.3) is 5.69 Å². The van der Waals surface area contributed by atoms with Crippen LogP contribution in [0.4, 0.5) is 5.69 Å². The summed E-state index contributed by atoms with van der Waals surface area (Å²) in [5.74, 6) is -0.240. The minimum Gasteiger partial charge on any atom is -0.351 e. The number of rotatable bonds is 4. The van der Waals surface area contributed by atoms with Gasteiger partial charge in [0.05, 0.1) is 11.0 Å². The summed E-state index contributed by atoms with van der Waals surface area (Å²) in [6.07, 6.45) is 3.02. The van der Waals surface area contributed by atoms with Crippen LogP contribution in [0.5, 0.6) is 0 Å². The molecule has 0 aromatic heterocycles. The molecule has 1 aromatic rings. The van der Waals surface area contributed by atoms with Crippen LogP contribution in [-0.2, 0) is 11.3 Å². The van der Waals surface area contributed by atoms with Crippen molar-refractivity contribution in [1.29, 1.82) is 5.26 Å². The number of nitro groups is 1. The highest BCUT2D eigenvalue weighted by Crippen LogP contribution is 2.37. The molecule has 1 aromatic carbocycles. The Hall–Kier alpha value is -2.42. The lowest BCUT2D eigenvalue weighted by Gasteiger charge is -2.19. The highest BCUT2D eigenvalue weighted by atomic mass is 16.6. The van der Waals surface area contributed by atoms with Crippen LogP contribution in [0.15, 0.2) is 24.3 Å². The molecule has 1 N–H and O–H groups in total. The molecule has 0 atom stereocenters. The van der Waals surface area contributed by atoms with E-state index in [-0.39, 0.29) is 18.1 Å². The van der Waals surface area contributed by atoms with Gasteiger partial charge in [-0.15, -0.1) is 0 Å². The summed E-state index contributed by atoms with van der Waals surface area (Å²) in [5.41, 5.74) is -0.0970. The molecular formula is C14H15N3O3. The van der Waals surface area contributed by atoms with Crippen LogP contribution in [0.1, 0.15) is 31.2 Å². The van der Waals surface area contributed by atoms with Crippen LogP contribution >= 0.6 is 0 Å². The lowest BCUT2D eigenvalue weighted by molar-refractivity contribution is -0.384. The molecule has 0 radical (unpaired) electrons. The molecule has 1 fully saturated rings. The molecule has 0 unspecified atom stereocenters. The monoisotopic (exact) mass is 273 g/mol. The summed E-state index contributed by atoms with van der Waals surface area (Å²) < 4.78 is 0. The maximum atomic E-state index is 12.1. The van der Waals surface area contributed by atoms with Gasteiger partial charge in [-0.2, -0.15) is 5.26 Å². The van der Waals surface area contributed by atoms with Crippen molar-refractivity contribution in [1.82, 2.24) is 5.32 Å². The number of amides is 1. The number of hydrogen-bond donors (Lipinski definition) is 1. The Morgan fingerprint density at radius 1 is 1.35 bits per heavy atom. The number of carbonyl (C=O) groups excluding carboxylic acids is 1. The van der Waals surface area contributed by atoms with E-state index in [0.717, 1.165) is 18.4 Å². The van der Waals surface area contributed by atoms with Crippen molar-refractivity contribution in [2.75, 3.05) is 0 Å². The summed E-state index contributed by atoms with van der Waals surface area (Å²) in [6, 6.07) is 8.14. The van der Waals surface area contributed by atoms with Gasteiger partial charge in [0.1, 0.15) is 5.41 Å². The molecule has 1 aliphatic rings. The molecule has 0 heterocycles. The first kappa shape index (κ1) is 14.0. The van der Waals surface area contributed by atoms with Gasteiger partial charge < -0.3 is 5.32 Å². The number of benzene rings is 1. The van der Waals surface area contributed by atoms with E-state index in [1.54, 1.807) is 12.1 Å². The first-order valence-electron chi connectivity index (χ1n) is 6.50. The van der Waals surface area contributed by atoms with Gasteiger partial charge in [-0.3, -0.25) is 14.9 Å². The molecule has 0 bridgehead atoms. The second kappa shape index (κ2) is 5.70. The maximum Gasteiger partial charge on any atom is 0.269 e. The summed E-state index contributed by atoms with van der Waals surface area (Å²) in [4.78, 5) is 22.2. The Morgan fingerprint density at radius 2 is 1.95 bits per heavy atom. The fourth-order valence-corrected chi connectivity index (χ4v) is 2.46. The molecule has 104 valence electrons. The van der Waals surface area contributed by atoms with E-state index in [9.17, 15) is 20.2 Å². The highest BCUT2D eigenvalue weighted by Gasteiger charge is 2.41. The minimum atomic E-state index is -0.888. The Bertz CT molecular complexity index is 554. The third kappa shape index (κ3) is 2.77. The molecule has 1 amide bonds. The van der Waals surface area contributed by atoms with E-state index < -0.39 is 10.3 Å².